The summed E-state index contributed by atoms with van der Waals surface area (Å²) in [5, 5.41) is 12.0. The number of carbonyl (C=O) groups excluding carboxylic acids is 4. The van der Waals surface area contributed by atoms with E-state index in [1.54, 1.807) is 0 Å². The Bertz CT molecular complexity index is 1340. The molecule has 0 amide bonds. The van der Waals surface area contributed by atoms with E-state index in [2.05, 4.69) is 26.0 Å². The molecule has 1 heterocycles. The predicted molar refractivity (Wildman–Crippen MR) is 188 cm³/mol. The summed E-state index contributed by atoms with van der Waals surface area (Å²) >= 11 is 0. The summed E-state index contributed by atoms with van der Waals surface area (Å²) in [5.74, 6) is -3.06. The van der Waals surface area contributed by atoms with Crippen LogP contribution < -0.4 is 0 Å². The highest BCUT2D eigenvalue weighted by Crippen LogP contribution is 2.55. The molecule has 4 rings (SSSR count). The van der Waals surface area contributed by atoms with Crippen LogP contribution in [0, 0.1) is 40.9 Å². The molecule has 1 saturated carbocycles. The average Bonchev–Trinajstić information content (AvgIpc) is 3.66. The smallest absolute Gasteiger partial charge is 0.313 e. The zero-order chi connectivity index (χ0) is 35.6. The van der Waals surface area contributed by atoms with Gasteiger partial charge in [0.05, 0.1) is 30.3 Å². The van der Waals surface area contributed by atoms with Crippen LogP contribution in [0.15, 0.2) is 34.4 Å². The largest absolute Gasteiger partial charge is 0.469 e. The van der Waals surface area contributed by atoms with Crippen molar-refractivity contribution in [2.45, 2.75) is 150 Å². The minimum absolute atomic E-state index is 0.0282. The first-order chi connectivity index (χ1) is 22.5. The molecule has 0 spiro atoms. The van der Waals surface area contributed by atoms with Crippen LogP contribution in [-0.4, -0.2) is 53.3 Å². The number of aliphatic hydroxyl groups is 1. The lowest BCUT2D eigenvalue weighted by atomic mass is 9.53. The van der Waals surface area contributed by atoms with Gasteiger partial charge in [-0.1, -0.05) is 69.4 Å². The summed E-state index contributed by atoms with van der Waals surface area (Å²) in [7, 11) is 1.33. The summed E-state index contributed by atoms with van der Waals surface area (Å²) in [6.45, 7) is 16.1. The number of hydrogen-bond donors (Lipinski definition) is 1. The van der Waals surface area contributed by atoms with Crippen molar-refractivity contribution in [3.05, 3.63) is 34.4 Å². The minimum atomic E-state index is -1.55. The Morgan fingerprint density at radius 1 is 0.958 bits per heavy atom. The number of methoxy groups -OCH3 is 1. The van der Waals surface area contributed by atoms with E-state index < -0.39 is 35.2 Å². The maximum absolute atomic E-state index is 14.6. The summed E-state index contributed by atoms with van der Waals surface area (Å²) < 4.78 is 11.8. The number of allylic oxidation sites excluding steroid dienone is 4. The Hall–Kier alpha value is -2.38. The Kier molecular flexibility index (Phi) is 12.5. The van der Waals surface area contributed by atoms with Gasteiger partial charge in [-0.05, 0) is 90.0 Å². The monoisotopic (exact) mass is 666 g/mol. The fourth-order valence-corrected chi connectivity index (χ4v) is 9.05. The highest BCUT2D eigenvalue weighted by atomic mass is 16.6. The molecule has 268 valence electrons. The van der Waals surface area contributed by atoms with Crippen molar-refractivity contribution in [2.24, 2.45) is 40.9 Å². The van der Waals surface area contributed by atoms with E-state index in [9.17, 15) is 24.3 Å². The van der Waals surface area contributed by atoms with Gasteiger partial charge in [0.15, 0.2) is 0 Å². The lowest BCUT2D eigenvalue weighted by Crippen LogP contribution is -2.54. The molecule has 48 heavy (non-hydrogen) atoms. The van der Waals surface area contributed by atoms with E-state index in [-0.39, 0.29) is 72.5 Å². The molecule has 1 N–H and O–H groups in total. The summed E-state index contributed by atoms with van der Waals surface area (Å²) in [6, 6.07) is 0. The number of ketones is 3. The van der Waals surface area contributed by atoms with Gasteiger partial charge >= 0.3 is 5.97 Å². The lowest BCUT2D eigenvalue weighted by molar-refractivity contribution is -0.166. The fourth-order valence-electron chi connectivity index (χ4n) is 9.05. The van der Waals surface area contributed by atoms with Crippen LogP contribution in [0.2, 0.25) is 0 Å². The van der Waals surface area contributed by atoms with E-state index in [1.807, 2.05) is 41.5 Å². The van der Waals surface area contributed by atoms with Gasteiger partial charge in [-0.2, -0.15) is 0 Å². The van der Waals surface area contributed by atoms with Crippen LogP contribution in [0.4, 0.5) is 0 Å². The second-order valence-electron chi connectivity index (χ2n) is 16.6. The second kappa shape index (κ2) is 15.7. The first kappa shape index (κ1) is 38.4. The van der Waals surface area contributed by atoms with Crippen LogP contribution >= 0.6 is 0 Å². The number of fused-ring (bicyclic) bond motifs is 4. The minimum Gasteiger partial charge on any atom is -0.469 e. The number of rotatable bonds is 2. The number of hydrogen-bond acceptors (Lipinski definition) is 7. The Balaban J connectivity index is 1.95. The zero-order valence-electron chi connectivity index (χ0n) is 31.2. The van der Waals surface area contributed by atoms with Gasteiger partial charge in [-0.15, -0.1) is 0 Å². The van der Waals surface area contributed by atoms with Crippen LogP contribution in [0.5, 0.6) is 0 Å². The van der Waals surface area contributed by atoms with Gasteiger partial charge in [-0.25, -0.2) is 0 Å². The molecule has 0 aromatic carbocycles. The lowest BCUT2D eigenvalue weighted by Gasteiger charge is -2.49. The molecule has 1 aliphatic heterocycles. The predicted octanol–water partition coefficient (Wildman–Crippen LogP) is 8.08. The number of Topliss-reactive ketones (excluding diaryl/α,β-unsaturated/α-hetero) is 3. The van der Waals surface area contributed by atoms with Crippen molar-refractivity contribution >= 4 is 23.3 Å². The normalized spacial score (nSPS) is 38.1. The first-order valence-corrected chi connectivity index (χ1v) is 18.6. The van der Waals surface area contributed by atoms with Crippen molar-refractivity contribution in [1.29, 1.82) is 0 Å². The molecular formula is C41H62O7. The molecule has 7 nitrogen and oxygen atoms in total. The van der Waals surface area contributed by atoms with E-state index in [1.165, 1.54) is 7.11 Å². The first-order valence-electron chi connectivity index (χ1n) is 18.6. The molecule has 0 unspecified atom stereocenters. The highest BCUT2D eigenvalue weighted by molar-refractivity contribution is 5.97. The third-order valence-electron chi connectivity index (χ3n) is 12.3. The van der Waals surface area contributed by atoms with Gasteiger partial charge < -0.3 is 14.6 Å². The van der Waals surface area contributed by atoms with Crippen molar-refractivity contribution in [1.82, 2.24) is 0 Å². The fraction of sp³-hybridized carbons (Fsp3) is 0.756. The average molecular weight is 667 g/mol. The molecule has 1 saturated heterocycles. The van der Waals surface area contributed by atoms with Crippen LogP contribution in [0.25, 0.3) is 0 Å². The topological polar surface area (TPSA) is 110 Å². The van der Waals surface area contributed by atoms with Crippen molar-refractivity contribution in [3.8, 4) is 0 Å². The van der Waals surface area contributed by atoms with E-state index in [0.717, 1.165) is 61.7 Å². The van der Waals surface area contributed by atoms with Crippen LogP contribution in [0.3, 0.4) is 0 Å². The molecule has 4 aliphatic rings. The van der Waals surface area contributed by atoms with Crippen molar-refractivity contribution in [3.63, 3.8) is 0 Å². The SMILES string of the molecule is COC(=O)[C@]12CC(=O)[C@H](C(C)C)CC(=O)[C@H](C)CCC[C@H](C)CC(=O)[C@H]1CC(C)=C1[C@H](O)CC(C)=CCC[C@]3(C)O[C@H]3CCC(C)=C[C@@H]12. The molecule has 7 heteroatoms. The number of aliphatic hydroxyl groups excluding tert-OH is 1. The van der Waals surface area contributed by atoms with Gasteiger partial charge in [0, 0.05) is 42.9 Å². The molecule has 9 atom stereocenters. The summed E-state index contributed by atoms with van der Waals surface area (Å²) in [4.78, 5) is 57.3. The van der Waals surface area contributed by atoms with Crippen molar-refractivity contribution < 1.29 is 33.8 Å². The van der Waals surface area contributed by atoms with E-state index in [0.29, 0.717) is 12.0 Å². The molecule has 0 radical (unpaired) electrons. The van der Waals surface area contributed by atoms with Gasteiger partial charge in [-0.3, -0.25) is 19.2 Å². The van der Waals surface area contributed by atoms with E-state index in [4.69, 9.17) is 9.47 Å². The molecule has 0 bridgehead atoms. The molecular weight excluding hydrogens is 604 g/mol. The number of esters is 1. The molecule has 0 aromatic rings. The second-order valence-corrected chi connectivity index (χ2v) is 16.6. The Morgan fingerprint density at radius 3 is 2.33 bits per heavy atom. The van der Waals surface area contributed by atoms with Gasteiger partial charge in [0.2, 0.25) is 0 Å². The van der Waals surface area contributed by atoms with Crippen molar-refractivity contribution in [2.75, 3.05) is 7.11 Å². The number of ether oxygens (including phenoxy) is 2. The van der Waals surface area contributed by atoms with Gasteiger partial charge in [0.1, 0.15) is 17.3 Å². The molecule has 3 aliphatic carbocycles. The Labute approximate surface area is 289 Å². The quantitative estimate of drug-likeness (QED) is 0.180. The molecule has 2 fully saturated rings. The maximum atomic E-state index is 14.6. The Morgan fingerprint density at radius 2 is 1.67 bits per heavy atom. The van der Waals surface area contributed by atoms with E-state index >= 15 is 0 Å². The maximum Gasteiger partial charge on any atom is 0.313 e. The summed E-state index contributed by atoms with van der Waals surface area (Å²) in [6.07, 6.45) is 10.0. The highest BCUT2D eigenvalue weighted by Gasteiger charge is 2.60. The number of epoxide rings is 1. The van der Waals surface area contributed by atoms with Crippen LogP contribution in [-0.2, 0) is 28.7 Å². The zero-order valence-corrected chi connectivity index (χ0v) is 31.2. The number of carbonyl (C=O) groups is 4. The summed E-state index contributed by atoms with van der Waals surface area (Å²) in [5.41, 5.74) is 1.98. The van der Waals surface area contributed by atoms with Gasteiger partial charge in [0.25, 0.3) is 0 Å². The van der Waals surface area contributed by atoms with Crippen LogP contribution in [0.1, 0.15) is 132 Å². The third-order valence-corrected chi connectivity index (χ3v) is 12.3. The standard InChI is InChI=1S/C41H62O7/c1-24(2)30-22-33(42)28(6)14-10-12-25(3)19-34(43)31-21-29(7)38-32(41(31,23-36(30)45)39(46)47-9)18-27(5)15-16-37-40(8,48-37)17-11-13-26(4)20-35(38)44/h13,18,24-25,28,30-32,35,37,44H,10-12,14-17,19-23H2,1-9H3/t25-,28+,30-,31+,32-,35+,37-,40-,41+/m0/s1. The third kappa shape index (κ3) is 8.31. The molecule has 0 aromatic heterocycles.